The number of nitrogens with zero attached hydrogens (tertiary/aromatic N) is 1. The van der Waals surface area contributed by atoms with Crippen molar-refractivity contribution in [3.63, 3.8) is 0 Å². The first-order chi connectivity index (χ1) is 19.2. The SMILES string of the molecule is CCCCCCCCN(C(=O)C(CC(C)C)NC(=O)OC(C)(C)C)C(C(=O)NC(C)CCC)c1ccc(C)cc1C. The molecule has 1 rings (SSSR count). The fourth-order valence-corrected chi connectivity index (χ4v) is 5.18. The fourth-order valence-electron chi connectivity index (χ4n) is 5.18. The molecule has 7 nitrogen and oxygen atoms in total. The molecule has 0 saturated carbocycles. The summed E-state index contributed by atoms with van der Waals surface area (Å²) in [6.07, 6.45) is 8.01. The highest BCUT2D eigenvalue weighted by atomic mass is 16.6. The molecule has 3 unspecified atom stereocenters. The van der Waals surface area contributed by atoms with Gasteiger partial charge in [0.05, 0.1) is 0 Å². The van der Waals surface area contributed by atoms with Crippen LogP contribution >= 0.6 is 0 Å². The Kier molecular flexibility index (Phi) is 16.1. The summed E-state index contributed by atoms with van der Waals surface area (Å²) in [6.45, 7) is 20.2. The van der Waals surface area contributed by atoms with Gasteiger partial charge in [0.15, 0.2) is 0 Å². The molecule has 0 aromatic heterocycles. The summed E-state index contributed by atoms with van der Waals surface area (Å²) in [4.78, 5) is 43.0. The second kappa shape index (κ2) is 18.1. The van der Waals surface area contributed by atoms with Crippen LogP contribution in [0.15, 0.2) is 18.2 Å². The molecule has 0 aliphatic carbocycles. The van der Waals surface area contributed by atoms with Gasteiger partial charge >= 0.3 is 6.09 Å². The highest BCUT2D eigenvalue weighted by molar-refractivity contribution is 5.92. The molecule has 0 spiro atoms. The summed E-state index contributed by atoms with van der Waals surface area (Å²) in [7, 11) is 0. The van der Waals surface area contributed by atoms with E-state index in [0.717, 1.165) is 55.2 Å². The lowest BCUT2D eigenvalue weighted by molar-refractivity contribution is -0.143. The van der Waals surface area contributed by atoms with E-state index < -0.39 is 23.8 Å². The Morgan fingerprint density at radius 1 is 0.902 bits per heavy atom. The standard InChI is InChI=1S/C34H59N3O4/c1-11-13-14-15-16-17-21-37(32(39)29(22-24(3)4)36-33(40)41-34(8,9)10)30(31(38)35-27(7)18-12-2)28-20-19-25(5)23-26(28)6/h19-20,23-24,27,29-30H,11-18,21-22H2,1-10H3,(H,35,38)(H,36,40). The van der Waals surface area contributed by atoms with E-state index in [0.29, 0.717) is 13.0 Å². The van der Waals surface area contributed by atoms with Gasteiger partial charge in [-0.3, -0.25) is 9.59 Å². The van der Waals surface area contributed by atoms with Gasteiger partial charge in [0.25, 0.3) is 0 Å². The average molecular weight is 574 g/mol. The van der Waals surface area contributed by atoms with Crippen LogP contribution in [0.25, 0.3) is 0 Å². The van der Waals surface area contributed by atoms with E-state index in [1.54, 1.807) is 25.7 Å². The van der Waals surface area contributed by atoms with Gasteiger partial charge in [-0.2, -0.15) is 0 Å². The lowest BCUT2D eigenvalue weighted by atomic mass is 9.94. The van der Waals surface area contributed by atoms with E-state index >= 15 is 0 Å². The number of aryl methyl sites for hydroxylation is 2. The van der Waals surface area contributed by atoms with Crippen LogP contribution in [0.5, 0.6) is 0 Å². The number of nitrogens with one attached hydrogen (secondary N) is 2. The molecule has 0 aliphatic rings. The number of hydrogen-bond acceptors (Lipinski definition) is 4. The van der Waals surface area contributed by atoms with E-state index in [2.05, 4.69) is 30.5 Å². The quantitative estimate of drug-likeness (QED) is 0.186. The second-order valence-electron chi connectivity index (χ2n) is 13.1. The van der Waals surface area contributed by atoms with Crippen molar-refractivity contribution in [2.45, 2.75) is 151 Å². The van der Waals surface area contributed by atoms with Crippen LogP contribution in [-0.4, -0.2) is 47.0 Å². The molecule has 2 N–H and O–H groups in total. The third-order valence-electron chi connectivity index (χ3n) is 7.12. The number of carbonyl (C=O) groups excluding carboxylic acids is 3. The minimum Gasteiger partial charge on any atom is -0.444 e. The number of rotatable bonds is 17. The zero-order valence-corrected chi connectivity index (χ0v) is 27.7. The molecule has 3 amide bonds. The van der Waals surface area contributed by atoms with Gasteiger partial charge in [-0.25, -0.2) is 4.79 Å². The first-order valence-electron chi connectivity index (χ1n) is 15.9. The minimum absolute atomic E-state index is 0.0156. The van der Waals surface area contributed by atoms with Crippen LogP contribution in [0.2, 0.25) is 0 Å². The maximum Gasteiger partial charge on any atom is 0.408 e. The van der Waals surface area contributed by atoms with Gasteiger partial charge in [-0.1, -0.05) is 90.0 Å². The van der Waals surface area contributed by atoms with Crippen molar-refractivity contribution in [1.29, 1.82) is 0 Å². The van der Waals surface area contributed by atoms with Crippen LogP contribution in [-0.2, 0) is 14.3 Å². The first kappa shape index (κ1) is 36.5. The van der Waals surface area contributed by atoms with Crippen molar-refractivity contribution in [2.24, 2.45) is 5.92 Å². The van der Waals surface area contributed by atoms with Crippen LogP contribution in [0.3, 0.4) is 0 Å². The van der Waals surface area contributed by atoms with Crippen molar-refractivity contribution >= 4 is 17.9 Å². The topological polar surface area (TPSA) is 87.7 Å². The molecular formula is C34H59N3O4. The maximum absolute atomic E-state index is 14.4. The number of carbonyl (C=O) groups is 3. The molecule has 7 heteroatoms. The zero-order valence-electron chi connectivity index (χ0n) is 27.7. The Morgan fingerprint density at radius 2 is 1.54 bits per heavy atom. The summed E-state index contributed by atoms with van der Waals surface area (Å²) < 4.78 is 5.52. The highest BCUT2D eigenvalue weighted by Gasteiger charge is 2.37. The van der Waals surface area contributed by atoms with Gasteiger partial charge in [0.1, 0.15) is 17.7 Å². The lowest BCUT2D eigenvalue weighted by Gasteiger charge is -2.36. The van der Waals surface area contributed by atoms with Crippen molar-refractivity contribution in [3.8, 4) is 0 Å². The molecule has 234 valence electrons. The van der Waals surface area contributed by atoms with E-state index in [1.807, 2.05) is 46.8 Å². The van der Waals surface area contributed by atoms with Gasteiger partial charge in [0.2, 0.25) is 11.8 Å². The molecule has 0 bridgehead atoms. The Bertz CT molecular complexity index is 954. The molecule has 1 aromatic rings. The van der Waals surface area contributed by atoms with E-state index in [9.17, 15) is 14.4 Å². The minimum atomic E-state index is -0.806. The van der Waals surface area contributed by atoms with Gasteiger partial charge in [-0.05, 0) is 77.8 Å². The first-order valence-corrected chi connectivity index (χ1v) is 15.9. The fraction of sp³-hybridized carbons (Fsp3) is 0.735. The second-order valence-corrected chi connectivity index (χ2v) is 13.1. The monoisotopic (exact) mass is 573 g/mol. The van der Waals surface area contributed by atoms with E-state index in [1.165, 1.54) is 12.8 Å². The molecule has 0 heterocycles. The number of benzene rings is 1. The molecule has 1 aromatic carbocycles. The van der Waals surface area contributed by atoms with E-state index in [4.69, 9.17) is 4.74 Å². The van der Waals surface area contributed by atoms with Gasteiger partial charge in [0, 0.05) is 12.6 Å². The highest BCUT2D eigenvalue weighted by Crippen LogP contribution is 2.28. The Hall–Kier alpha value is -2.57. The molecule has 0 radical (unpaired) electrons. The third-order valence-corrected chi connectivity index (χ3v) is 7.12. The predicted octanol–water partition coefficient (Wildman–Crippen LogP) is 7.78. The Morgan fingerprint density at radius 3 is 2.10 bits per heavy atom. The number of alkyl carbamates (subject to hydrolysis) is 1. The van der Waals surface area contributed by atoms with Crippen LogP contribution in [0.1, 0.15) is 136 Å². The molecular weight excluding hydrogens is 514 g/mol. The van der Waals surface area contributed by atoms with Crippen molar-refractivity contribution < 1.29 is 19.1 Å². The molecule has 41 heavy (non-hydrogen) atoms. The van der Waals surface area contributed by atoms with Crippen molar-refractivity contribution in [3.05, 3.63) is 34.9 Å². The average Bonchev–Trinajstić information content (AvgIpc) is 2.84. The number of ether oxygens (including phenoxy) is 1. The van der Waals surface area contributed by atoms with Gasteiger partial charge in [-0.15, -0.1) is 0 Å². The zero-order chi connectivity index (χ0) is 31.2. The molecule has 0 aliphatic heterocycles. The van der Waals surface area contributed by atoms with Crippen LogP contribution in [0, 0.1) is 19.8 Å². The predicted molar refractivity (Wildman–Crippen MR) is 169 cm³/mol. The summed E-state index contributed by atoms with van der Waals surface area (Å²) in [6, 6.07) is 4.41. The molecule has 3 atom stereocenters. The number of unbranched alkanes of at least 4 members (excludes halogenated alkanes) is 5. The van der Waals surface area contributed by atoms with Crippen LogP contribution in [0.4, 0.5) is 4.79 Å². The number of amides is 3. The maximum atomic E-state index is 14.4. The Balaban J connectivity index is 3.54. The summed E-state index contributed by atoms with van der Waals surface area (Å²) in [5.41, 5.74) is 2.19. The largest absolute Gasteiger partial charge is 0.444 e. The van der Waals surface area contributed by atoms with Crippen molar-refractivity contribution in [2.75, 3.05) is 6.54 Å². The van der Waals surface area contributed by atoms with Crippen LogP contribution < -0.4 is 10.6 Å². The van der Waals surface area contributed by atoms with Gasteiger partial charge < -0.3 is 20.3 Å². The van der Waals surface area contributed by atoms with E-state index in [-0.39, 0.29) is 23.8 Å². The lowest BCUT2D eigenvalue weighted by Crippen LogP contribution is -2.54. The molecule has 0 saturated heterocycles. The summed E-state index contributed by atoms with van der Waals surface area (Å²) in [5.74, 6) is -0.285. The molecule has 0 fully saturated rings. The normalized spacial score (nSPS) is 13.8. The third kappa shape index (κ3) is 13.8. The Labute approximate surface area is 250 Å². The summed E-state index contributed by atoms with van der Waals surface area (Å²) in [5, 5.41) is 6.03. The summed E-state index contributed by atoms with van der Waals surface area (Å²) >= 11 is 0. The smallest absolute Gasteiger partial charge is 0.408 e. The number of hydrogen-bond donors (Lipinski definition) is 2. The van der Waals surface area contributed by atoms with Crippen molar-refractivity contribution in [1.82, 2.24) is 15.5 Å².